The number of amides is 1. The number of carbonyl (C=O) groups is 1. The van der Waals surface area contributed by atoms with E-state index in [0.29, 0.717) is 22.9 Å². The van der Waals surface area contributed by atoms with Crippen molar-refractivity contribution < 1.29 is 9.18 Å². The number of nitrogens with one attached hydrogen (secondary N) is 1. The van der Waals surface area contributed by atoms with Crippen LogP contribution in [0.5, 0.6) is 0 Å². The van der Waals surface area contributed by atoms with E-state index in [1.807, 2.05) is 47.8 Å². The predicted molar refractivity (Wildman–Crippen MR) is 123 cm³/mol. The minimum absolute atomic E-state index is 0.162. The molecule has 3 aromatic heterocycles. The second-order valence-electron chi connectivity index (χ2n) is 7.00. The number of rotatable bonds is 5. The molecule has 5 rings (SSSR count). The maximum Gasteiger partial charge on any atom is 0.228 e. The van der Waals surface area contributed by atoms with Crippen molar-refractivity contribution in [3.05, 3.63) is 88.5 Å². The lowest BCUT2D eigenvalue weighted by Crippen LogP contribution is -2.15. The smallest absolute Gasteiger partial charge is 0.228 e. The van der Waals surface area contributed by atoms with E-state index in [2.05, 4.69) is 15.5 Å². The summed E-state index contributed by atoms with van der Waals surface area (Å²) in [5.41, 5.74) is 2.89. The van der Waals surface area contributed by atoms with Gasteiger partial charge in [0.15, 0.2) is 11.5 Å². The highest BCUT2D eigenvalue weighted by atomic mass is 35.5. The van der Waals surface area contributed by atoms with Crippen molar-refractivity contribution in [2.45, 2.75) is 6.42 Å². The first-order chi connectivity index (χ1) is 15.6. The summed E-state index contributed by atoms with van der Waals surface area (Å²) in [5.74, 6) is -0.200. The van der Waals surface area contributed by atoms with Gasteiger partial charge in [-0.05, 0) is 47.8 Å². The van der Waals surface area contributed by atoms with Crippen molar-refractivity contribution in [3.8, 4) is 22.0 Å². The Labute approximate surface area is 191 Å². The normalized spacial score (nSPS) is 11.1. The van der Waals surface area contributed by atoms with Crippen LogP contribution in [-0.4, -0.2) is 25.7 Å². The molecule has 5 aromatic rings. The Hall–Kier alpha value is -3.62. The zero-order valence-corrected chi connectivity index (χ0v) is 18.1. The molecule has 0 fully saturated rings. The van der Waals surface area contributed by atoms with Crippen molar-refractivity contribution >= 4 is 40.2 Å². The Balaban J connectivity index is 1.41. The van der Waals surface area contributed by atoms with Gasteiger partial charge in [0, 0.05) is 21.8 Å². The minimum Gasteiger partial charge on any atom is -0.326 e. The van der Waals surface area contributed by atoms with Gasteiger partial charge in [0.25, 0.3) is 0 Å². The highest BCUT2D eigenvalue weighted by Gasteiger charge is 2.14. The second kappa shape index (κ2) is 8.49. The van der Waals surface area contributed by atoms with Gasteiger partial charge in [-0.15, -0.1) is 21.5 Å². The van der Waals surface area contributed by atoms with Crippen LogP contribution in [0.2, 0.25) is 5.02 Å². The molecule has 3 heterocycles. The molecule has 9 heteroatoms. The van der Waals surface area contributed by atoms with E-state index >= 15 is 0 Å². The zero-order valence-electron chi connectivity index (χ0n) is 16.5. The first kappa shape index (κ1) is 20.3. The number of fused-ring (bicyclic) bond motifs is 1. The molecule has 2 aromatic carbocycles. The number of nitrogens with zero attached hydrogens (tertiary/aromatic N) is 4. The van der Waals surface area contributed by atoms with Crippen LogP contribution in [0.3, 0.4) is 0 Å². The van der Waals surface area contributed by atoms with Crippen molar-refractivity contribution in [2.24, 2.45) is 0 Å². The zero-order chi connectivity index (χ0) is 22.1. The van der Waals surface area contributed by atoms with Crippen LogP contribution in [-0.2, 0) is 11.2 Å². The van der Waals surface area contributed by atoms with Gasteiger partial charge in [-0.2, -0.15) is 9.61 Å². The van der Waals surface area contributed by atoms with Gasteiger partial charge < -0.3 is 5.32 Å². The first-order valence-electron chi connectivity index (χ1n) is 9.68. The van der Waals surface area contributed by atoms with Crippen molar-refractivity contribution in [1.29, 1.82) is 0 Å². The number of hydrogen-bond acceptors (Lipinski definition) is 5. The van der Waals surface area contributed by atoms with Crippen molar-refractivity contribution in [2.75, 3.05) is 5.32 Å². The Morgan fingerprint density at radius 2 is 1.94 bits per heavy atom. The fraction of sp³-hybridized carbons (Fsp3) is 0.0435. The lowest BCUT2D eigenvalue weighted by molar-refractivity contribution is -0.115. The standard InChI is InChI=1S/C23H15ClFN5OS/c24-17-6-2-7-18(25)16(17)13-22(31)26-15-5-1-4-14(12-15)19-9-10-21-27-28-23(30(21)29-19)20-8-3-11-32-20/h1-12H,13H2,(H,26,31). The molecule has 0 atom stereocenters. The number of benzene rings is 2. The maximum absolute atomic E-state index is 14.0. The fourth-order valence-corrected chi connectivity index (χ4v) is 4.25. The molecule has 32 heavy (non-hydrogen) atoms. The first-order valence-corrected chi connectivity index (χ1v) is 10.9. The van der Waals surface area contributed by atoms with E-state index < -0.39 is 5.82 Å². The molecule has 1 amide bonds. The molecule has 0 saturated heterocycles. The Morgan fingerprint density at radius 1 is 1.06 bits per heavy atom. The summed E-state index contributed by atoms with van der Waals surface area (Å²) in [6.45, 7) is 0. The highest BCUT2D eigenvalue weighted by Crippen LogP contribution is 2.26. The van der Waals surface area contributed by atoms with Gasteiger partial charge >= 0.3 is 0 Å². The molecule has 158 valence electrons. The topological polar surface area (TPSA) is 72.2 Å². The number of halogens is 2. The van der Waals surface area contributed by atoms with Crippen LogP contribution in [0, 0.1) is 5.82 Å². The second-order valence-corrected chi connectivity index (χ2v) is 8.35. The summed E-state index contributed by atoms with van der Waals surface area (Å²) >= 11 is 7.59. The van der Waals surface area contributed by atoms with Crippen LogP contribution in [0.15, 0.2) is 72.1 Å². The average Bonchev–Trinajstić information content (AvgIpc) is 3.46. The number of hydrogen-bond donors (Lipinski definition) is 1. The third-order valence-corrected chi connectivity index (χ3v) is 6.07. The highest BCUT2D eigenvalue weighted by molar-refractivity contribution is 7.13. The molecular formula is C23H15ClFN5OS. The number of aromatic nitrogens is 4. The molecule has 1 N–H and O–H groups in total. The molecule has 0 aliphatic rings. The van der Waals surface area contributed by atoms with Gasteiger partial charge in [-0.1, -0.05) is 35.9 Å². The molecule has 0 bridgehead atoms. The Bertz CT molecular complexity index is 1410. The third-order valence-electron chi connectivity index (χ3n) is 4.85. The molecular weight excluding hydrogens is 449 g/mol. The number of anilines is 1. The molecule has 0 unspecified atom stereocenters. The third kappa shape index (κ3) is 3.98. The van der Waals surface area contributed by atoms with E-state index in [9.17, 15) is 9.18 Å². The molecule has 6 nitrogen and oxygen atoms in total. The van der Waals surface area contributed by atoms with Crippen LogP contribution in [0.1, 0.15) is 5.56 Å². The van der Waals surface area contributed by atoms with E-state index in [4.69, 9.17) is 16.7 Å². The van der Waals surface area contributed by atoms with Crippen LogP contribution in [0.4, 0.5) is 10.1 Å². The summed E-state index contributed by atoms with van der Waals surface area (Å²) in [6, 6.07) is 19.2. The van der Waals surface area contributed by atoms with Gasteiger partial charge in [0.2, 0.25) is 5.91 Å². The quantitative estimate of drug-likeness (QED) is 0.374. The largest absolute Gasteiger partial charge is 0.326 e. The molecule has 0 spiro atoms. The van der Waals surface area contributed by atoms with Crippen molar-refractivity contribution in [3.63, 3.8) is 0 Å². The molecule has 0 aliphatic heterocycles. The number of thiophene rings is 1. The molecule has 0 radical (unpaired) electrons. The van der Waals surface area contributed by atoms with Gasteiger partial charge in [-0.25, -0.2) is 4.39 Å². The lowest BCUT2D eigenvalue weighted by Gasteiger charge is -2.09. The average molecular weight is 464 g/mol. The summed E-state index contributed by atoms with van der Waals surface area (Å²) in [5, 5.41) is 18.1. The minimum atomic E-state index is -0.505. The number of carbonyl (C=O) groups excluding carboxylic acids is 1. The molecule has 0 saturated carbocycles. The van der Waals surface area contributed by atoms with Crippen LogP contribution < -0.4 is 5.32 Å². The van der Waals surface area contributed by atoms with E-state index in [1.165, 1.54) is 12.1 Å². The predicted octanol–water partition coefficient (Wildman–Crippen LogP) is 5.49. The molecule has 0 aliphatic carbocycles. The summed E-state index contributed by atoms with van der Waals surface area (Å²) in [6.07, 6.45) is -0.162. The van der Waals surface area contributed by atoms with E-state index in [0.717, 1.165) is 10.4 Å². The SMILES string of the molecule is O=C(Cc1c(F)cccc1Cl)Nc1cccc(-c2ccc3nnc(-c4cccs4)n3n2)c1. The maximum atomic E-state index is 14.0. The Kier molecular flexibility index (Phi) is 5.38. The van der Waals surface area contributed by atoms with Crippen LogP contribution in [0.25, 0.3) is 27.6 Å². The van der Waals surface area contributed by atoms with Crippen molar-refractivity contribution in [1.82, 2.24) is 19.8 Å². The summed E-state index contributed by atoms with van der Waals surface area (Å²) < 4.78 is 15.7. The van der Waals surface area contributed by atoms with Crippen LogP contribution >= 0.6 is 22.9 Å². The monoisotopic (exact) mass is 463 g/mol. The van der Waals surface area contributed by atoms with E-state index in [1.54, 1.807) is 28.0 Å². The van der Waals surface area contributed by atoms with Gasteiger partial charge in [0.05, 0.1) is 17.0 Å². The van der Waals surface area contributed by atoms with Gasteiger partial charge in [0.1, 0.15) is 5.82 Å². The summed E-state index contributed by atoms with van der Waals surface area (Å²) in [4.78, 5) is 13.4. The summed E-state index contributed by atoms with van der Waals surface area (Å²) in [7, 11) is 0. The Morgan fingerprint density at radius 3 is 2.75 bits per heavy atom. The lowest BCUT2D eigenvalue weighted by atomic mass is 10.1. The van der Waals surface area contributed by atoms with Gasteiger partial charge in [-0.3, -0.25) is 4.79 Å². The fourth-order valence-electron chi connectivity index (χ4n) is 3.33. The van der Waals surface area contributed by atoms with E-state index in [-0.39, 0.29) is 22.9 Å².